The van der Waals surface area contributed by atoms with E-state index in [1.165, 1.54) is 43.4 Å². The molecule has 5 heteroatoms. The highest BCUT2D eigenvalue weighted by atomic mass is 16.3. The van der Waals surface area contributed by atoms with Gasteiger partial charge in [0, 0.05) is 32.8 Å². The molecule has 12 rings (SSSR count). The Morgan fingerprint density at radius 2 is 0.897 bits per heavy atom. The van der Waals surface area contributed by atoms with Gasteiger partial charge in [0.15, 0.2) is 17.5 Å². The van der Waals surface area contributed by atoms with Crippen LogP contribution in [0.15, 0.2) is 199 Å². The van der Waals surface area contributed by atoms with Crippen molar-refractivity contribution in [2.24, 2.45) is 0 Å². The Kier molecular flexibility index (Phi) is 7.16. The molecule has 270 valence electrons. The zero-order chi connectivity index (χ0) is 38.2. The molecule has 0 spiro atoms. The van der Waals surface area contributed by atoms with Crippen molar-refractivity contribution in [1.82, 2.24) is 19.5 Å². The molecule has 5 nitrogen and oxygen atoms in total. The molecule has 3 heterocycles. The van der Waals surface area contributed by atoms with Crippen molar-refractivity contribution in [1.29, 1.82) is 0 Å². The van der Waals surface area contributed by atoms with Crippen molar-refractivity contribution in [2.45, 2.75) is 0 Å². The zero-order valence-electron chi connectivity index (χ0n) is 31.2. The van der Waals surface area contributed by atoms with E-state index in [2.05, 4.69) is 126 Å². The summed E-state index contributed by atoms with van der Waals surface area (Å²) in [6.07, 6.45) is 0. The van der Waals surface area contributed by atoms with Crippen LogP contribution >= 0.6 is 0 Å². The van der Waals surface area contributed by atoms with Crippen LogP contribution in [0.2, 0.25) is 0 Å². The topological polar surface area (TPSA) is 56.7 Å². The zero-order valence-corrected chi connectivity index (χ0v) is 31.2. The van der Waals surface area contributed by atoms with Crippen molar-refractivity contribution in [3.63, 3.8) is 0 Å². The van der Waals surface area contributed by atoms with Crippen LogP contribution in [-0.4, -0.2) is 19.5 Å². The molecule has 0 bridgehead atoms. The highest BCUT2D eigenvalue weighted by Crippen LogP contribution is 2.43. The molecule has 9 aromatic carbocycles. The first kappa shape index (κ1) is 32.4. The quantitative estimate of drug-likeness (QED) is 0.176. The summed E-state index contributed by atoms with van der Waals surface area (Å²) < 4.78 is 9.11. The van der Waals surface area contributed by atoms with Crippen molar-refractivity contribution in [3.8, 4) is 51.0 Å². The molecule has 0 aliphatic heterocycles. The van der Waals surface area contributed by atoms with E-state index in [1.807, 2.05) is 72.8 Å². The van der Waals surface area contributed by atoms with E-state index in [0.717, 1.165) is 55.3 Å². The Morgan fingerprint density at radius 3 is 1.66 bits per heavy atom. The summed E-state index contributed by atoms with van der Waals surface area (Å²) in [4.78, 5) is 15.3. The Hall–Kier alpha value is -7.89. The van der Waals surface area contributed by atoms with Crippen molar-refractivity contribution in [2.75, 3.05) is 0 Å². The van der Waals surface area contributed by atoms with E-state index < -0.39 is 0 Å². The van der Waals surface area contributed by atoms with Crippen molar-refractivity contribution < 1.29 is 4.42 Å². The molecule has 0 unspecified atom stereocenters. The summed E-state index contributed by atoms with van der Waals surface area (Å²) in [5.41, 5.74) is 9.83. The standard InChI is InChI=1S/C53H32N4O/c1-3-15-35(16-4-1)51-54-52(36-17-5-2-6-18-36)56-53(55-51)40-31-46(50-42-21-11-12-22-47(42)58-48(50)32-40)57-44-27-26-39(38-24-23-33-13-7-8-19-37(33)29-38)30-43(44)49-41-20-10-9-14-34(41)25-28-45(49)57/h1-32H. The largest absolute Gasteiger partial charge is 0.456 e. The first-order valence-corrected chi connectivity index (χ1v) is 19.5. The molecular weight excluding hydrogens is 709 g/mol. The fourth-order valence-corrected chi connectivity index (χ4v) is 8.67. The fourth-order valence-electron chi connectivity index (χ4n) is 8.67. The van der Waals surface area contributed by atoms with Gasteiger partial charge in [-0.05, 0) is 75.1 Å². The van der Waals surface area contributed by atoms with Crippen molar-refractivity contribution >= 4 is 65.3 Å². The van der Waals surface area contributed by atoms with Gasteiger partial charge in [0.25, 0.3) is 0 Å². The molecule has 0 atom stereocenters. The van der Waals surface area contributed by atoms with Gasteiger partial charge in [-0.15, -0.1) is 0 Å². The number of hydrogen-bond acceptors (Lipinski definition) is 4. The number of aromatic nitrogens is 4. The third-order valence-corrected chi connectivity index (χ3v) is 11.4. The predicted octanol–water partition coefficient (Wildman–Crippen LogP) is 13.8. The van der Waals surface area contributed by atoms with E-state index in [-0.39, 0.29) is 0 Å². The Balaban J connectivity index is 1.17. The summed E-state index contributed by atoms with van der Waals surface area (Å²) in [6.45, 7) is 0. The van der Waals surface area contributed by atoms with Gasteiger partial charge in [-0.3, -0.25) is 0 Å². The second-order valence-electron chi connectivity index (χ2n) is 14.8. The highest BCUT2D eigenvalue weighted by Gasteiger charge is 2.22. The van der Waals surface area contributed by atoms with E-state index in [9.17, 15) is 0 Å². The normalized spacial score (nSPS) is 11.8. The lowest BCUT2D eigenvalue weighted by atomic mass is 9.98. The average molecular weight is 741 g/mol. The van der Waals surface area contributed by atoms with Gasteiger partial charge in [-0.1, -0.05) is 152 Å². The minimum absolute atomic E-state index is 0.570. The minimum Gasteiger partial charge on any atom is -0.456 e. The number of hydrogen-bond donors (Lipinski definition) is 0. The van der Waals surface area contributed by atoms with Crippen LogP contribution in [0.4, 0.5) is 0 Å². The Bertz CT molecular complexity index is 3510. The number of benzene rings is 9. The highest BCUT2D eigenvalue weighted by molar-refractivity contribution is 6.23. The van der Waals surface area contributed by atoms with Crippen LogP contribution in [0, 0.1) is 0 Å². The molecule has 0 aliphatic rings. The Labute approximate surface area is 333 Å². The Morgan fingerprint density at radius 1 is 0.328 bits per heavy atom. The van der Waals surface area contributed by atoms with Gasteiger partial charge in [-0.2, -0.15) is 0 Å². The number of furan rings is 1. The summed E-state index contributed by atoms with van der Waals surface area (Å²) in [6, 6.07) is 68.2. The predicted molar refractivity (Wildman–Crippen MR) is 238 cm³/mol. The van der Waals surface area contributed by atoms with Crippen LogP contribution in [0.3, 0.4) is 0 Å². The first-order chi connectivity index (χ1) is 28.7. The third-order valence-electron chi connectivity index (χ3n) is 11.4. The molecule has 0 saturated heterocycles. The molecular formula is C53H32N4O. The lowest BCUT2D eigenvalue weighted by molar-refractivity contribution is 0.669. The second-order valence-corrected chi connectivity index (χ2v) is 14.8. The molecule has 0 saturated carbocycles. The number of para-hydroxylation sites is 1. The monoisotopic (exact) mass is 740 g/mol. The van der Waals surface area contributed by atoms with Gasteiger partial charge < -0.3 is 8.98 Å². The maximum atomic E-state index is 6.71. The second kappa shape index (κ2) is 12.8. The molecule has 0 N–H and O–H groups in total. The van der Waals surface area contributed by atoms with Crippen LogP contribution in [-0.2, 0) is 0 Å². The van der Waals surface area contributed by atoms with Gasteiger partial charge in [0.05, 0.1) is 22.1 Å². The van der Waals surface area contributed by atoms with E-state index in [0.29, 0.717) is 17.5 Å². The van der Waals surface area contributed by atoms with E-state index >= 15 is 0 Å². The SMILES string of the molecule is c1ccc(-c2nc(-c3ccccc3)nc(-c3cc(-n4c5ccc(-c6ccc7ccccc7c6)cc5c5c6ccccc6ccc54)c4c(c3)oc3ccccc34)n2)cc1. The lowest BCUT2D eigenvalue weighted by Gasteiger charge is -2.13. The number of rotatable bonds is 5. The minimum atomic E-state index is 0.570. The maximum absolute atomic E-state index is 6.71. The molecule has 58 heavy (non-hydrogen) atoms. The smallest absolute Gasteiger partial charge is 0.164 e. The summed E-state index contributed by atoms with van der Waals surface area (Å²) in [5, 5.41) is 9.34. The van der Waals surface area contributed by atoms with E-state index in [1.54, 1.807) is 0 Å². The molecule has 0 aliphatic carbocycles. The van der Waals surface area contributed by atoms with Crippen LogP contribution in [0.5, 0.6) is 0 Å². The van der Waals surface area contributed by atoms with Crippen LogP contribution in [0.1, 0.15) is 0 Å². The molecule has 3 aromatic heterocycles. The number of nitrogens with zero attached hydrogens (tertiary/aromatic N) is 4. The summed E-state index contributed by atoms with van der Waals surface area (Å²) in [7, 11) is 0. The van der Waals surface area contributed by atoms with Crippen LogP contribution in [0.25, 0.3) is 116 Å². The molecule has 12 aromatic rings. The summed E-state index contributed by atoms with van der Waals surface area (Å²) in [5.74, 6) is 1.79. The number of fused-ring (bicyclic) bond motifs is 9. The van der Waals surface area contributed by atoms with Gasteiger partial charge in [0.2, 0.25) is 0 Å². The average Bonchev–Trinajstić information content (AvgIpc) is 3.85. The molecule has 0 fully saturated rings. The summed E-state index contributed by atoms with van der Waals surface area (Å²) >= 11 is 0. The third kappa shape index (κ3) is 5.14. The van der Waals surface area contributed by atoms with Gasteiger partial charge in [-0.25, -0.2) is 15.0 Å². The lowest BCUT2D eigenvalue weighted by Crippen LogP contribution is -2.01. The molecule has 0 amide bonds. The van der Waals surface area contributed by atoms with Crippen molar-refractivity contribution in [3.05, 3.63) is 194 Å². The first-order valence-electron chi connectivity index (χ1n) is 19.5. The van der Waals surface area contributed by atoms with Gasteiger partial charge >= 0.3 is 0 Å². The van der Waals surface area contributed by atoms with E-state index in [4.69, 9.17) is 19.4 Å². The van der Waals surface area contributed by atoms with Gasteiger partial charge in [0.1, 0.15) is 11.2 Å². The fraction of sp³-hybridized carbons (Fsp3) is 0. The molecule has 0 radical (unpaired) electrons. The maximum Gasteiger partial charge on any atom is 0.164 e. The van der Waals surface area contributed by atoms with Crippen LogP contribution < -0.4 is 0 Å².